The quantitative estimate of drug-likeness (QED) is 0.597. The fraction of sp³-hybridized carbons (Fsp3) is 0.263. The highest BCUT2D eigenvalue weighted by Gasteiger charge is 2.31. The highest BCUT2D eigenvalue weighted by atomic mass is 35.5. The summed E-state index contributed by atoms with van der Waals surface area (Å²) in [5, 5.41) is 8.98. The second-order valence-corrected chi connectivity index (χ2v) is 5.96. The van der Waals surface area contributed by atoms with E-state index in [1.54, 1.807) is 6.92 Å². The van der Waals surface area contributed by atoms with Gasteiger partial charge in [-0.2, -0.15) is 18.4 Å². The van der Waals surface area contributed by atoms with Gasteiger partial charge in [-0.3, -0.25) is 0 Å². The lowest BCUT2D eigenvalue weighted by Crippen LogP contribution is -2.28. The normalized spacial score (nSPS) is 12.0. The Bertz CT molecular complexity index is 909. The lowest BCUT2D eigenvalue weighted by atomic mass is 10.2. The summed E-state index contributed by atoms with van der Waals surface area (Å²) in [6.45, 7) is 1.70. The molecule has 0 aliphatic heterocycles. The number of nitriles is 1. The van der Waals surface area contributed by atoms with Crippen LogP contribution in [-0.2, 0) is 15.7 Å². The number of carbonyl (C=O) groups is 1. The number of rotatable bonds is 6. The minimum Gasteiger partial charge on any atom is -0.477 e. The molecule has 0 saturated heterocycles. The van der Waals surface area contributed by atoms with Crippen molar-refractivity contribution < 1.29 is 32.2 Å². The van der Waals surface area contributed by atoms with Crippen molar-refractivity contribution in [3.63, 3.8) is 0 Å². The van der Waals surface area contributed by atoms with Crippen molar-refractivity contribution in [2.45, 2.75) is 25.6 Å². The second-order valence-electron chi connectivity index (χ2n) is 5.55. The highest BCUT2D eigenvalue weighted by Crippen LogP contribution is 2.37. The van der Waals surface area contributed by atoms with Gasteiger partial charge in [0.05, 0.1) is 23.3 Å². The molecule has 5 nitrogen and oxygen atoms in total. The minimum atomic E-state index is -4.53. The maximum absolute atomic E-state index is 12.7. The van der Waals surface area contributed by atoms with E-state index in [2.05, 4.69) is 4.74 Å². The van der Waals surface area contributed by atoms with Crippen molar-refractivity contribution in [1.82, 2.24) is 0 Å². The standard InChI is InChI=1S/C19H15ClF3NO4/c1-3-15(18(25)26-2)28-17-9-13(6-4-11(17)10-24)27-16-7-5-12(8-14(16)20)19(21,22)23/h4-9,15H,3H2,1-2H3. The van der Waals surface area contributed by atoms with Gasteiger partial charge in [-0.25, -0.2) is 4.79 Å². The van der Waals surface area contributed by atoms with Crippen LogP contribution in [0, 0.1) is 11.3 Å². The van der Waals surface area contributed by atoms with E-state index in [-0.39, 0.29) is 27.8 Å². The van der Waals surface area contributed by atoms with Gasteiger partial charge in [-0.1, -0.05) is 18.5 Å². The fourth-order valence-corrected chi connectivity index (χ4v) is 2.44. The van der Waals surface area contributed by atoms with Gasteiger partial charge < -0.3 is 14.2 Å². The number of carbonyl (C=O) groups excluding carboxylic acids is 1. The molecule has 0 aliphatic carbocycles. The predicted octanol–water partition coefficient (Wildman–Crippen LogP) is 5.35. The molecule has 0 radical (unpaired) electrons. The van der Waals surface area contributed by atoms with Gasteiger partial charge in [-0.05, 0) is 36.8 Å². The smallest absolute Gasteiger partial charge is 0.416 e. The molecule has 0 saturated carbocycles. The topological polar surface area (TPSA) is 68.5 Å². The summed E-state index contributed by atoms with van der Waals surface area (Å²) in [4.78, 5) is 11.7. The number of hydrogen-bond donors (Lipinski definition) is 0. The van der Waals surface area contributed by atoms with Crippen molar-refractivity contribution in [1.29, 1.82) is 5.26 Å². The second kappa shape index (κ2) is 8.85. The Morgan fingerprint density at radius 1 is 1.21 bits per heavy atom. The Kier molecular flexibility index (Phi) is 6.75. The predicted molar refractivity (Wildman–Crippen MR) is 94.4 cm³/mol. The highest BCUT2D eigenvalue weighted by molar-refractivity contribution is 6.32. The molecule has 0 spiro atoms. The van der Waals surface area contributed by atoms with Crippen molar-refractivity contribution in [2.24, 2.45) is 0 Å². The third-order valence-electron chi connectivity index (χ3n) is 3.66. The molecular weight excluding hydrogens is 399 g/mol. The van der Waals surface area contributed by atoms with Gasteiger partial charge in [0.15, 0.2) is 6.10 Å². The molecule has 2 aromatic carbocycles. The Morgan fingerprint density at radius 3 is 2.46 bits per heavy atom. The van der Waals surface area contributed by atoms with Crippen LogP contribution in [0.1, 0.15) is 24.5 Å². The molecule has 0 fully saturated rings. The van der Waals surface area contributed by atoms with Crippen LogP contribution in [0.5, 0.6) is 17.2 Å². The maximum atomic E-state index is 12.7. The molecule has 2 aromatic rings. The van der Waals surface area contributed by atoms with Crippen molar-refractivity contribution >= 4 is 17.6 Å². The zero-order valence-corrected chi connectivity index (χ0v) is 15.6. The Hall–Kier alpha value is -2.92. The molecule has 0 aromatic heterocycles. The van der Waals surface area contributed by atoms with E-state index in [1.165, 1.54) is 25.3 Å². The summed E-state index contributed by atoms with van der Waals surface area (Å²) < 4.78 is 53.9. The summed E-state index contributed by atoms with van der Waals surface area (Å²) in [6, 6.07) is 8.78. The SMILES string of the molecule is CCC(Oc1cc(Oc2ccc(C(F)(F)F)cc2Cl)ccc1C#N)C(=O)OC. The molecule has 28 heavy (non-hydrogen) atoms. The fourth-order valence-electron chi connectivity index (χ4n) is 2.23. The van der Waals surface area contributed by atoms with E-state index in [9.17, 15) is 23.2 Å². The summed E-state index contributed by atoms with van der Waals surface area (Å²) in [5.41, 5.74) is -0.759. The number of methoxy groups -OCH3 is 1. The monoisotopic (exact) mass is 413 g/mol. The first kappa shape index (κ1) is 21.4. The molecule has 1 atom stereocenters. The van der Waals surface area contributed by atoms with Gasteiger partial charge >= 0.3 is 12.1 Å². The van der Waals surface area contributed by atoms with Crippen LogP contribution in [0.15, 0.2) is 36.4 Å². The number of ether oxygens (including phenoxy) is 3. The first-order valence-electron chi connectivity index (χ1n) is 8.02. The molecule has 0 bridgehead atoms. The number of nitrogens with zero attached hydrogens (tertiary/aromatic N) is 1. The lowest BCUT2D eigenvalue weighted by Gasteiger charge is -2.17. The zero-order valence-electron chi connectivity index (χ0n) is 14.8. The van der Waals surface area contributed by atoms with Gasteiger partial charge in [0, 0.05) is 6.07 Å². The summed E-state index contributed by atoms with van der Waals surface area (Å²) in [5.74, 6) is -0.385. The van der Waals surface area contributed by atoms with Gasteiger partial charge in [0.25, 0.3) is 0 Å². The summed E-state index contributed by atoms with van der Waals surface area (Å²) >= 11 is 5.88. The van der Waals surface area contributed by atoms with Crippen molar-refractivity contribution in [3.05, 3.63) is 52.5 Å². The molecule has 2 rings (SSSR count). The van der Waals surface area contributed by atoms with Crippen LogP contribution in [0.25, 0.3) is 0 Å². The molecule has 0 heterocycles. The number of halogens is 4. The van der Waals surface area contributed by atoms with E-state index < -0.39 is 23.8 Å². The van der Waals surface area contributed by atoms with Crippen LogP contribution in [0.2, 0.25) is 5.02 Å². The summed E-state index contributed by atoms with van der Waals surface area (Å²) in [6.07, 6.45) is -5.16. The summed E-state index contributed by atoms with van der Waals surface area (Å²) in [7, 11) is 1.21. The largest absolute Gasteiger partial charge is 0.477 e. The van der Waals surface area contributed by atoms with E-state index in [4.69, 9.17) is 21.1 Å². The number of alkyl halides is 3. The number of benzene rings is 2. The number of esters is 1. The molecular formula is C19H15ClF3NO4. The molecule has 0 aliphatic rings. The van der Waals surface area contributed by atoms with Gasteiger partial charge in [0.2, 0.25) is 0 Å². The average Bonchev–Trinajstić information content (AvgIpc) is 2.66. The first-order chi connectivity index (χ1) is 13.2. The maximum Gasteiger partial charge on any atom is 0.416 e. The molecule has 148 valence electrons. The molecule has 9 heteroatoms. The first-order valence-corrected chi connectivity index (χ1v) is 8.40. The van der Waals surface area contributed by atoms with E-state index in [1.807, 2.05) is 6.07 Å². The average molecular weight is 414 g/mol. The third kappa shape index (κ3) is 5.08. The number of hydrogen-bond acceptors (Lipinski definition) is 5. The Balaban J connectivity index is 2.30. The van der Waals surface area contributed by atoms with Crippen LogP contribution in [0.4, 0.5) is 13.2 Å². The van der Waals surface area contributed by atoms with Crippen molar-refractivity contribution in [2.75, 3.05) is 7.11 Å². The van der Waals surface area contributed by atoms with Gasteiger partial charge in [-0.15, -0.1) is 0 Å². The molecule has 0 N–H and O–H groups in total. The molecule has 0 amide bonds. The Morgan fingerprint density at radius 2 is 1.93 bits per heavy atom. The Labute approximate surface area is 164 Å². The van der Waals surface area contributed by atoms with Gasteiger partial charge in [0.1, 0.15) is 23.3 Å². The van der Waals surface area contributed by atoms with Crippen LogP contribution in [0.3, 0.4) is 0 Å². The van der Waals surface area contributed by atoms with E-state index in [0.717, 1.165) is 18.2 Å². The van der Waals surface area contributed by atoms with E-state index in [0.29, 0.717) is 6.42 Å². The zero-order chi connectivity index (χ0) is 20.9. The van der Waals surface area contributed by atoms with Crippen LogP contribution in [-0.4, -0.2) is 19.2 Å². The van der Waals surface area contributed by atoms with Crippen molar-refractivity contribution in [3.8, 4) is 23.3 Å². The van der Waals surface area contributed by atoms with E-state index >= 15 is 0 Å². The molecule has 1 unspecified atom stereocenters. The third-order valence-corrected chi connectivity index (χ3v) is 3.96. The lowest BCUT2D eigenvalue weighted by molar-refractivity contribution is -0.149. The van der Waals surface area contributed by atoms with Crippen LogP contribution < -0.4 is 9.47 Å². The van der Waals surface area contributed by atoms with Crippen LogP contribution >= 0.6 is 11.6 Å². The minimum absolute atomic E-state index is 0.00895.